The van der Waals surface area contributed by atoms with Crippen molar-refractivity contribution in [2.75, 3.05) is 51.3 Å². The van der Waals surface area contributed by atoms with Gasteiger partial charge in [-0.15, -0.1) is 0 Å². The molecule has 0 aliphatic carbocycles. The van der Waals surface area contributed by atoms with Crippen molar-refractivity contribution in [3.05, 3.63) is 23.2 Å². The molecule has 1 amide bonds. The first-order valence-corrected chi connectivity index (χ1v) is 7.67. The third kappa shape index (κ3) is 4.50. The van der Waals surface area contributed by atoms with Gasteiger partial charge in [0.05, 0.1) is 18.9 Å². The molecular formula is C15H22ClN3O3. The zero-order chi connectivity index (χ0) is 15.9. The average molecular weight is 328 g/mol. The summed E-state index contributed by atoms with van der Waals surface area (Å²) in [4.78, 5) is 14.6. The van der Waals surface area contributed by atoms with E-state index in [1.54, 1.807) is 7.11 Å². The summed E-state index contributed by atoms with van der Waals surface area (Å²) in [6.07, 6.45) is 0.0597. The Kier molecular flexibility index (Phi) is 6.30. The monoisotopic (exact) mass is 327 g/mol. The maximum absolute atomic E-state index is 10.2. The average Bonchev–Trinajstić information content (AvgIpc) is 2.53. The van der Waals surface area contributed by atoms with E-state index in [9.17, 15) is 9.90 Å². The minimum atomic E-state index is -0.544. The molecular weight excluding hydrogens is 306 g/mol. The molecule has 0 radical (unpaired) electrons. The van der Waals surface area contributed by atoms with Crippen LogP contribution in [0.3, 0.4) is 0 Å². The van der Waals surface area contributed by atoms with Gasteiger partial charge in [0, 0.05) is 44.3 Å². The summed E-state index contributed by atoms with van der Waals surface area (Å²) in [5.41, 5.74) is 0.998. The highest BCUT2D eigenvalue weighted by atomic mass is 35.5. The van der Waals surface area contributed by atoms with Crippen LogP contribution in [0.4, 0.5) is 5.69 Å². The maximum atomic E-state index is 10.2. The van der Waals surface area contributed by atoms with Gasteiger partial charge in [0.15, 0.2) is 0 Å². The lowest BCUT2D eigenvalue weighted by molar-refractivity contribution is -0.110. The van der Waals surface area contributed by atoms with Gasteiger partial charge in [0.1, 0.15) is 5.75 Å². The molecule has 1 unspecified atom stereocenters. The van der Waals surface area contributed by atoms with Crippen molar-refractivity contribution in [2.24, 2.45) is 0 Å². The molecule has 0 saturated carbocycles. The van der Waals surface area contributed by atoms with Crippen LogP contribution >= 0.6 is 11.6 Å². The highest BCUT2D eigenvalue weighted by Crippen LogP contribution is 2.31. The van der Waals surface area contributed by atoms with Crippen LogP contribution < -0.4 is 15.0 Å². The number of aliphatic hydroxyl groups excluding tert-OH is 1. The summed E-state index contributed by atoms with van der Waals surface area (Å²) in [6.45, 7) is 4.20. The van der Waals surface area contributed by atoms with Gasteiger partial charge in [0.25, 0.3) is 0 Å². The molecule has 0 bridgehead atoms. The number of carbonyl (C=O) groups excluding carboxylic acids is 1. The fourth-order valence-electron chi connectivity index (χ4n) is 2.63. The number of methoxy groups -OCH3 is 1. The van der Waals surface area contributed by atoms with Crippen molar-refractivity contribution < 1.29 is 14.6 Å². The predicted molar refractivity (Wildman–Crippen MR) is 86.7 cm³/mol. The summed E-state index contributed by atoms with van der Waals surface area (Å²) in [7, 11) is 1.65. The molecule has 2 N–H and O–H groups in total. The first-order chi connectivity index (χ1) is 10.6. The summed E-state index contributed by atoms with van der Waals surface area (Å²) < 4.78 is 5.39. The summed E-state index contributed by atoms with van der Waals surface area (Å²) in [6, 6.07) is 5.61. The van der Waals surface area contributed by atoms with Crippen molar-refractivity contribution in [2.45, 2.75) is 6.10 Å². The maximum Gasteiger partial charge on any atom is 0.207 e. The predicted octanol–water partition coefficient (Wildman–Crippen LogP) is 0.577. The van der Waals surface area contributed by atoms with Crippen molar-refractivity contribution in [1.29, 1.82) is 0 Å². The molecule has 1 heterocycles. The number of piperazine rings is 1. The minimum Gasteiger partial charge on any atom is -0.495 e. The molecule has 122 valence electrons. The number of benzene rings is 1. The van der Waals surface area contributed by atoms with E-state index in [1.807, 2.05) is 18.2 Å². The highest BCUT2D eigenvalue weighted by molar-refractivity contribution is 6.30. The van der Waals surface area contributed by atoms with E-state index in [1.165, 1.54) is 0 Å². The largest absolute Gasteiger partial charge is 0.495 e. The lowest BCUT2D eigenvalue weighted by Gasteiger charge is -2.37. The molecule has 1 aliphatic rings. The number of rotatable bonds is 7. The zero-order valence-electron chi connectivity index (χ0n) is 12.7. The number of nitrogens with one attached hydrogen (secondary N) is 1. The molecule has 0 spiro atoms. The fourth-order valence-corrected chi connectivity index (χ4v) is 2.79. The van der Waals surface area contributed by atoms with Crippen LogP contribution in [0.15, 0.2) is 18.2 Å². The van der Waals surface area contributed by atoms with Gasteiger partial charge in [-0.1, -0.05) is 11.6 Å². The Bertz CT molecular complexity index is 493. The Morgan fingerprint density at radius 2 is 2.14 bits per heavy atom. The van der Waals surface area contributed by atoms with E-state index >= 15 is 0 Å². The number of carbonyl (C=O) groups is 1. The molecule has 1 aromatic carbocycles. The topological polar surface area (TPSA) is 65.0 Å². The van der Waals surface area contributed by atoms with Gasteiger partial charge in [-0.2, -0.15) is 0 Å². The summed E-state index contributed by atoms with van der Waals surface area (Å²) >= 11 is 6.08. The number of anilines is 1. The number of hydrogen-bond donors (Lipinski definition) is 2. The van der Waals surface area contributed by atoms with E-state index in [4.69, 9.17) is 16.3 Å². The zero-order valence-corrected chi connectivity index (χ0v) is 13.4. The fraction of sp³-hybridized carbons (Fsp3) is 0.533. The van der Waals surface area contributed by atoms with Crippen LogP contribution in [0.1, 0.15) is 0 Å². The molecule has 0 aromatic heterocycles. The smallest absolute Gasteiger partial charge is 0.207 e. The third-order valence-electron chi connectivity index (χ3n) is 3.76. The van der Waals surface area contributed by atoms with E-state index in [2.05, 4.69) is 15.1 Å². The summed E-state index contributed by atoms with van der Waals surface area (Å²) in [5, 5.41) is 13.0. The molecule has 1 atom stereocenters. The van der Waals surface area contributed by atoms with Crippen molar-refractivity contribution in [3.63, 3.8) is 0 Å². The second-order valence-corrected chi connectivity index (χ2v) is 5.72. The van der Waals surface area contributed by atoms with Gasteiger partial charge in [-0.3, -0.25) is 9.69 Å². The number of nitrogens with zero attached hydrogens (tertiary/aromatic N) is 2. The molecule has 1 aliphatic heterocycles. The van der Waals surface area contributed by atoms with E-state index in [-0.39, 0.29) is 6.54 Å². The van der Waals surface area contributed by atoms with Crippen molar-refractivity contribution in [3.8, 4) is 5.75 Å². The molecule has 6 nitrogen and oxygen atoms in total. The standard InChI is InChI=1S/C15H22ClN3O3/c1-22-15-3-2-12(16)8-14(15)19-6-4-18(5-7-19)10-13(21)9-17-11-20/h2-3,8,11,13,21H,4-7,9-10H2,1H3,(H,17,20). The van der Waals surface area contributed by atoms with Gasteiger partial charge >= 0.3 is 0 Å². The molecule has 1 saturated heterocycles. The van der Waals surface area contributed by atoms with Gasteiger partial charge in [-0.05, 0) is 18.2 Å². The normalized spacial score (nSPS) is 17.1. The van der Waals surface area contributed by atoms with Crippen LogP contribution in [-0.4, -0.2) is 68.9 Å². The number of hydrogen-bond acceptors (Lipinski definition) is 5. The first kappa shape index (κ1) is 16.9. The lowest BCUT2D eigenvalue weighted by atomic mass is 10.2. The van der Waals surface area contributed by atoms with Gasteiger partial charge in [0.2, 0.25) is 6.41 Å². The molecule has 7 heteroatoms. The Morgan fingerprint density at radius 3 is 2.77 bits per heavy atom. The van der Waals surface area contributed by atoms with Crippen LogP contribution in [-0.2, 0) is 4.79 Å². The lowest BCUT2D eigenvalue weighted by Crippen LogP contribution is -2.49. The van der Waals surface area contributed by atoms with Crippen molar-refractivity contribution in [1.82, 2.24) is 10.2 Å². The van der Waals surface area contributed by atoms with Crippen LogP contribution in [0.25, 0.3) is 0 Å². The number of ether oxygens (including phenoxy) is 1. The van der Waals surface area contributed by atoms with Crippen LogP contribution in [0.2, 0.25) is 5.02 Å². The molecule has 1 fully saturated rings. The SMILES string of the molecule is COc1ccc(Cl)cc1N1CCN(CC(O)CNC=O)CC1. The van der Waals surface area contributed by atoms with Gasteiger partial charge < -0.3 is 20.1 Å². The Hall–Kier alpha value is -1.50. The number of amides is 1. The molecule has 2 rings (SSSR count). The Balaban J connectivity index is 1.89. The molecule has 1 aromatic rings. The van der Waals surface area contributed by atoms with Crippen molar-refractivity contribution >= 4 is 23.7 Å². The third-order valence-corrected chi connectivity index (χ3v) is 3.99. The second kappa shape index (κ2) is 8.22. The number of halogens is 1. The Labute approximate surface area is 135 Å². The molecule has 22 heavy (non-hydrogen) atoms. The minimum absolute atomic E-state index is 0.284. The van der Waals surface area contributed by atoms with Gasteiger partial charge in [-0.25, -0.2) is 0 Å². The Morgan fingerprint density at radius 1 is 1.41 bits per heavy atom. The highest BCUT2D eigenvalue weighted by Gasteiger charge is 2.21. The number of β-amino-alcohol motifs (C(OH)–C–C–N with tert-alkyl or cyclic N) is 1. The van der Waals surface area contributed by atoms with Crippen LogP contribution in [0.5, 0.6) is 5.75 Å². The van der Waals surface area contributed by atoms with Crippen LogP contribution in [0, 0.1) is 0 Å². The number of aliphatic hydroxyl groups is 1. The van der Waals surface area contributed by atoms with E-state index in [0.29, 0.717) is 18.0 Å². The summed E-state index contributed by atoms with van der Waals surface area (Å²) in [5.74, 6) is 0.813. The van der Waals surface area contributed by atoms with E-state index < -0.39 is 6.10 Å². The van der Waals surface area contributed by atoms with E-state index in [0.717, 1.165) is 37.6 Å². The quantitative estimate of drug-likeness (QED) is 0.717. The second-order valence-electron chi connectivity index (χ2n) is 5.28. The first-order valence-electron chi connectivity index (χ1n) is 7.30.